The Hall–Kier alpha value is -0.580. The van der Waals surface area contributed by atoms with Crippen molar-refractivity contribution in [2.45, 2.75) is 19.3 Å². The zero-order chi connectivity index (χ0) is 13.7. The summed E-state index contributed by atoms with van der Waals surface area (Å²) in [5.41, 5.74) is 7.00. The average molecular weight is 327 g/mol. The Morgan fingerprint density at radius 1 is 1.37 bits per heavy atom. The van der Waals surface area contributed by atoms with Crippen LogP contribution in [0, 0.1) is 5.92 Å². The van der Waals surface area contributed by atoms with Gasteiger partial charge in [0.2, 0.25) is 0 Å². The Bertz CT molecular complexity index is 403. The van der Waals surface area contributed by atoms with E-state index in [1.807, 2.05) is 6.07 Å². The molecule has 4 heteroatoms. The van der Waals surface area contributed by atoms with Crippen LogP contribution >= 0.6 is 15.9 Å². The van der Waals surface area contributed by atoms with Crippen LogP contribution in [-0.2, 0) is 6.42 Å². The highest BCUT2D eigenvalue weighted by molar-refractivity contribution is 9.10. The molecule has 0 amide bonds. The van der Waals surface area contributed by atoms with Crippen LogP contribution in [0.4, 0.5) is 0 Å². The van der Waals surface area contributed by atoms with Crippen molar-refractivity contribution in [2.24, 2.45) is 11.7 Å². The fraction of sp³-hybridized carbons (Fsp3) is 0.600. The van der Waals surface area contributed by atoms with Crippen LogP contribution in [0.25, 0.3) is 0 Å². The van der Waals surface area contributed by atoms with Gasteiger partial charge in [0.1, 0.15) is 5.75 Å². The summed E-state index contributed by atoms with van der Waals surface area (Å²) in [6.45, 7) is 4.20. The number of nitrogens with zero attached hydrogens (tertiary/aromatic N) is 1. The maximum atomic E-state index is 5.60. The standard InChI is InChI=1S/C15H23BrN2O/c1-19-15-3-2-13(11-14(15)16)10-12-4-7-18(8-5-12)9-6-17/h2-3,11-12H,4-10,17H2,1H3. The van der Waals surface area contributed by atoms with Gasteiger partial charge in [-0.3, -0.25) is 0 Å². The van der Waals surface area contributed by atoms with E-state index in [1.165, 1.54) is 37.9 Å². The van der Waals surface area contributed by atoms with Gasteiger partial charge in [0.05, 0.1) is 11.6 Å². The third-order valence-corrected chi connectivity index (χ3v) is 4.51. The molecule has 0 saturated carbocycles. The number of likely N-dealkylation sites (tertiary alicyclic amines) is 1. The number of piperidine rings is 1. The molecule has 0 aromatic heterocycles. The van der Waals surface area contributed by atoms with Crippen molar-refractivity contribution in [3.63, 3.8) is 0 Å². The molecular formula is C15H23BrN2O. The monoisotopic (exact) mass is 326 g/mol. The summed E-state index contributed by atoms with van der Waals surface area (Å²) in [5, 5.41) is 0. The van der Waals surface area contributed by atoms with E-state index in [4.69, 9.17) is 10.5 Å². The van der Waals surface area contributed by atoms with Crippen molar-refractivity contribution >= 4 is 15.9 Å². The Morgan fingerprint density at radius 2 is 2.11 bits per heavy atom. The second-order valence-electron chi connectivity index (χ2n) is 5.25. The molecule has 0 atom stereocenters. The van der Waals surface area contributed by atoms with Crippen LogP contribution in [0.3, 0.4) is 0 Å². The van der Waals surface area contributed by atoms with E-state index in [0.29, 0.717) is 0 Å². The first kappa shape index (κ1) is 14.8. The van der Waals surface area contributed by atoms with Crippen molar-refractivity contribution in [3.8, 4) is 5.75 Å². The third-order valence-electron chi connectivity index (χ3n) is 3.89. The highest BCUT2D eigenvalue weighted by atomic mass is 79.9. The molecule has 2 N–H and O–H groups in total. The summed E-state index contributed by atoms with van der Waals surface area (Å²) in [4.78, 5) is 2.47. The van der Waals surface area contributed by atoms with E-state index in [9.17, 15) is 0 Å². The van der Waals surface area contributed by atoms with Crippen molar-refractivity contribution < 1.29 is 4.74 Å². The molecule has 106 valence electrons. The Balaban J connectivity index is 1.87. The SMILES string of the molecule is COc1ccc(CC2CCN(CCN)CC2)cc1Br. The molecule has 1 aromatic carbocycles. The number of nitrogens with two attached hydrogens (primary N) is 1. The molecule has 1 fully saturated rings. The minimum atomic E-state index is 0.774. The van der Waals surface area contributed by atoms with Gasteiger partial charge in [-0.25, -0.2) is 0 Å². The predicted molar refractivity (Wildman–Crippen MR) is 82.6 cm³/mol. The second kappa shape index (κ2) is 7.27. The van der Waals surface area contributed by atoms with Gasteiger partial charge < -0.3 is 15.4 Å². The second-order valence-corrected chi connectivity index (χ2v) is 6.10. The van der Waals surface area contributed by atoms with Gasteiger partial charge in [0, 0.05) is 13.1 Å². The number of hydrogen-bond donors (Lipinski definition) is 1. The number of rotatable bonds is 5. The van der Waals surface area contributed by atoms with Crippen molar-refractivity contribution in [1.82, 2.24) is 4.90 Å². The summed E-state index contributed by atoms with van der Waals surface area (Å²) >= 11 is 3.56. The lowest BCUT2D eigenvalue weighted by Crippen LogP contribution is -2.37. The lowest BCUT2D eigenvalue weighted by Gasteiger charge is -2.31. The highest BCUT2D eigenvalue weighted by Gasteiger charge is 2.19. The van der Waals surface area contributed by atoms with E-state index in [-0.39, 0.29) is 0 Å². The lowest BCUT2D eigenvalue weighted by molar-refractivity contribution is 0.188. The summed E-state index contributed by atoms with van der Waals surface area (Å²) in [6, 6.07) is 6.41. The highest BCUT2D eigenvalue weighted by Crippen LogP contribution is 2.28. The van der Waals surface area contributed by atoms with Gasteiger partial charge in [0.15, 0.2) is 0 Å². The molecule has 0 spiro atoms. The predicted octanol–water partition coefficient (Wildman–Crippen LogP) is 2.67. The number of halogens is 1. The van der Waals surface area contributed by atoms with Gasteiger partial charge in [-0.2, -0.15) is 0 Å². The van der Waals surface area contributed by atoms with E-state index in [2.05, 4.69) is 33.0 Å². The van der Waals surface area contributed by atoms with E-state index in [1.54, 1.807) is 7.11 Å². The first-order chi connectivity index (χ1) is 9.22. The molecule has 3 nitrogen and oxygen atoms in total. The van der Waals surface area contributed by atoms with Crippen molar-refractivity contribution in [3.05, 3.63) is 28.2 Å². The van der Waals surface area contributed by atoms with Crippen LogP contribution < -0.4 is 10.5 Å². The molecule has 1 aromatic rings. The molecule has 1 heterocycles. The number of benzene rings is 1. The number of hydrogen-bond acceptors (Lipinski definition) is 3. The normalized spacial score (nSPS) is 17.6. The van der Waals surface area contributed by atoms with E-state index >= 15 is 0 Å². The molecule has 1 saturated heterocycles. The zero-order valence-electron chi connectivity index (χ0n) is 11.6. The van der Waals surface area contributed by atoms with E-state index < -0.39 is 0 Å². The molecule has 2 rings (SSSR count). The molecular weight excluding hydrogens is 304 g/mol. The maximum Gasteiger partial charge on any atom is 0.133 e. The van der Waals surface area contributed by atoms with Crippen LogP contribution in [0.5, 0.6) is 5.75 Å². The third kappa shape index (κ3) is 4.20. The van der Waals surface area contributed by atoms with Gasteiger partial charge in [0.25, 0.3) is 0 Å². The van der Waals surface area contributed by atoms with Crippen molar-refractivity contribution in [1.29, 1.82) is 0 Å². The first-order valence-corrected chi connectivity index (χ1v) is 7.77. The lowest BCUT2D eigenvalue weighted by atomic mass is 9.90. The quantitative estimate of drug-likeness (QED) is 0.904. The molecule has 0 aliphatic carbocycles. The van der Waals surface area contributed by atoms with E-state index in [0.717, 1.165) is 29.2 Å². The number of ether oxygens (including phenoxy) is 1. The van der Waals surface area contributed by atoms with Gasteiger partial charge in [-0.15, -0.1) is 0 Å². The Morgan fingerprint density at radius 3 is 2.68 bits per heavy atom. The van der Waals surface area contributed by atoms with Gasteiger partial charge >= 0.3 is 0 Å². The van der Waals surface area contributed by atoms with Crippen molar-refractivity contribution in [2.75, 3.05) is 33.3 Å². The minimum Gasteiger partial charge on any atom is -0.496 e. The molecule has 19 heavy (non-hydrogen) atoms. The topological polar surface area (TPSA) is 38.5 Å². The first-order valence-electron chi connectivity index (χ1n) is 6.97. The smallest absolute Gasteiger partial charge is 0.133 e. The van der Waals surface area contributed by atoms with Crippen LogP contribution in [-0.4, -0.2) is 38.2 Å². The minimum absolute atomic E-state index is 0.774. The summed E-state index contributed by atoms with van der Waals surface area (Å²) < 4.78 is 6.31. The number of methoxy groups -OCH3 is 1. The molecule has 1 aliphatic rings. The summed E-state index contributed by atoms with van der Waals surface area (Å²) in [5.74, 6) is 1.70. The van der Waals surface area contributed by atoms with Gasteiger partial charge in [-0.05, 0) is 71.9 Å². The van der Waals surface area contributed by atoms with Crippen LogP contribution in [0.1, 0.15) is 18.4 Å². The fourth-order valence-electron chi connectivity index (χ4n) is 2.77. The average Bonchev–Trinajstić information content (AvgIpc) is 2.42. The fourth-order valence-corrected chi connectivity index (χ4v) is 3.36. The summed E-state index contributed by atoms with van der Waals surface area (Å²) in [7, 11) is 1.70. The van der Waals surface area contributed by atoms with Gasteiger partial charge in [-0.1, -0.05) is 6.07 Å². The molecule has 0 unspecified atom stereocenters. The van der Waals surface area contributed by atoms with Crippen LogP contribution in [0.15, 0.2) is 22.7 Å². The molecule has 1 aliphatic heterocycles. The molecule has 0 radical (unpaired) electrons. The largest absolute Gasteiger partial charge is 0.496 e. The Kier molecular flexibility index (Phi) is 5.67. The molecule has 0 bridgehead atoms. The van der Waals surface area contributed by atoms with Crippen LogP contribution in [0.2, 0.25) is 0 Å². The maximum absolute atomic E-state index is 5.60. The summed E-state index contributed by atoms with van der Waals surface area (Å²) in [6.07, 6.45) is 3.73. The Labute approximate surface area is 124 Å². The zero-order valence-corrected chi connectivity index (χ0v) is 13.2.